The maximum absolute atomic E-state index is 12.9. The molecule has 1 N–H and O–H groups in total. The Morgan fingerprint density at radius 3 is 2.85 bits per heavy atom. The van der Waals surface area contributed by atoms with Gasteiger partial charge in [-0.15, -0.1) is 0 Å². The van der Waals surface area contributed by atoms with Crippen LogP contribution in [0.5, 0.6) is 0 Å². The minimum absolute atomic E-state index is 0.0161. The molecular weight excluding hydrogens is 363 g/mol. The molecule has 4 aliphatic rings. The molecule has 148 valence electrons. The van der Waals surface area contributed by atoms with E-state index in [1.54, 1.807) is 6.08 Å². The number of aliphatic hydroxyl groups excluding tert-OH is 1. The van der Waals surface area contributed by atoms with Gasteiger partial charge in [0.25, 0.3) is 0 Å². The lowest BCUT2D eigenvalue weighted by Crippen LogP contribution is -2.52. The number of carbonyl (C=O) groups excluding carboxylic acids is 2. The summed E-state index contributed by atoms with van der Waals surface area (Å²) in [5, 5.41) is 10.4. The third kappa shape index (κ3) is 2.71. The van der Waals surface area contributed by atoms with Crippen LogP contribution in [-0.2, 0) is 9.59 Å². The van der Waals surface area contributed by atoms with Gasteiger partial charge < -0.3 is 5.11 Å². The molecule has 27 heavy (non-hydrogen) atoms. The van der Waals surface area contributed by atoms with Crippen LogP contribution >= 0.6 is 11.8 Å². The molecule has 0 spiro atoms. The summed E-state index contributed by atoms with van der Waals surface area (Å²) in [6.45, 7) is 4.37. The fourth-order valence-electron chi connectivity index (χ4n) is 7.24. The maximum Gasteiger partial charge on any atom is 0.195 e. The Kier molecular flexibility index (Phi) is 4.91. The molecule has 7 atom stereocenters. The van der Waals surface area contributed by atoms with Crippen molar-refractivity contribution in [3.63, 3.8) is 0 Å². The Morgan fingerprint density at radius 2 is 2.15 bits per heavy atom. The first-order valence-corrected chi connectivity index (χ1v) is 11.1. The third-order valence-electron chi connectivity index (χ3n) is 8.37. The number of halogens is 1. The minimum Gasteiger partial charge on any atom is -0.396 e. The Morgan fingerprint density at radius 1 is 1.37 bits per heavy atom. The molecule has 0 aromatic rings. The second-order valence-electron chi connectivity index (χ2n) is 9.30. The van der Waals surface area contributed by atoms with E-state index < -0.39 is 11.4 Å². The summed E-state index contributed by atoms with van der Waals surface area (Å²) in [7, 11) is 0. The van der Waals surface area contributed by atoms with Gasteiger partial charge in [-0.05, 0) is 67.9 Å². The maximum atomic E-state index is 12.9. The van der Waals surface area contributed by atoms with Crippen molar-refractivity contribution in [1.29, 1.82) is 0 Å². The molecule has 0 saturated heterocycles. The minimum atomic E-state index is -0.689. The van der Waals surface area contributed by atoms with Crippen molar-refractivity contribution in [1.82, 2.24) is 0 Å². The van der Waals surface area contributed by atoms with Gasteiger partial charge in [-0.25, -0.2) is 4.39 Å². The van der Waals surface area contributed by atoms with Crippen LogP contribution in [-0.4, -0.2) is 28.6 Å². The van der Waals surface area contributed by atoms with Crippen LogP contribution in [0.25, 0.3) is 0 Å². The topological polar surface area (TPSA) is 54.4 Å². The quantitative estimate of drug-likeness (QED) is 0.777. The van der Waals surface area contributed by atoms with Crippen LogP contribution in [0, 0.1) is 40.4 Å². The number of allylic oxidation sites excluding steroid dienone is 4. The van der Waals surface area contributed by atoms with Gasteiger partial charge in [-0.3, -0.25) is 9.59 Å². The number of aliphatic hydroxyl groups is 1. The predicted octanol–water partition coefficient (Wildman–Crippen LogP) is 4.32. The van der Waals surface area contributed by atoms with Gasteiger partial charge in [0.15, 0.2) is 10.9 Å². The largest absolute Gasteiger partial charge is 0.396 e. The lowest BCUT2D eigenvalue weighted by atomic mass is 9.47. The molecule has 0 heterocycles. The van der Waals surface area contributed by atoms with E-state index in [-0.39, 0.29) is 34.8 Å². The van der Waals surface area contributed by atoms with E-state index in [0.717, 1.165) is 43.9 Å². The smallest absolute Gasteiger partial charge is 0.195 e. The fraction of sp³-hybridized carbons (Fsp3) is 0.727. The Hall–Kier alpha value is -0.940. The summed E-state index contributed by atoms with van der Waals surface area (Å²) < 4.78 is 12.9. The van der Waals surface area contributed by atoms with E-state index in [1.165, 1.54) is 5.57 Å². The molecule has 3 fully saturated rings. The molecule has 0 amide bonds. The highest BCUT2D eigenvalue weighted by atomic mass is 32.2. The highest BCUT2D eigenvalue weighted by Crippen LogP contribution is 2.67. The number of hydrogen-bond donors (Lipinski definition) is 1. The molecule has 0 aromatic carbocycles. The molecule has 4 rings (SSSR count). The van der Waals surface area contributed by atoms with E-state index in [0.29, 0.717) is 17.8 Å². The summed E-state index contributed by atoms with van der Waals surface area (Å²) in [6, 6.07) is -0.689. The number of ketones is 1. The lowest BCUT2D eigenvalue weighted by molar-refractivity contribution is -0.127. The van der Waals surface area contributed by atoms with Crippen LogP contribution in [0.2, 0.25) is 0 Å². The van der Waals surface area contributed by atoms with Crippen molar-refractivity contribution in [2.75, 3.05) is 12.6 Å². The van der Waals surface area contributed by atoms with Gasteiger partial charge in [-0.2, -0.15) is 0 Å². The molecule has 3 nitrogen and oxygen atoms in total. The van der Waals surface area contributed by atoms with Crippen molar-refractivity contribution >= 4 is 22.7 Å². The molecule has 0 aromatic heterocycles. The first kappa shape index (κ1) is 19.4. The molecule has 4 aliphatic carbocycles. The summed E-state index contributed by atoms with van der Waals surface area (Å²) in [6.07, 6.45) is 10.3. The standard InChI is InChI=1S/C22H29FO3S/c1-13-9-18-16-4-3-14-10-15(25)5-7-21(14,2)17(16)6-8-22(18,11-24)19(13)20(26)27-12-23/h5,7,10,13,16-19,24H,3-4,6,8-9,11-12H2,1-2H3/t13-,16-,17+,18+,19?,21+,22-/m1/s1. The Bertz CT molecular complexity index is 716. The van der Waals surface area contributed by atoms with Crippen LogP contribution in [0.3, 0.4) is 0 Å². The number of alkyl halides is 1. The SMILES string of the molecule is C[C@@H]1C[C@H]2[C@@H]3CCC4=CC(=O)C=C[C@]4(C)[C@H]3CC[C@]2(CO)C1C(=O)SCF. The highest BCUT2D eigenvalue weighted by molar-refractivity contribution is 8.13. The second-order valence-corrected chi connectivity index (χ2v) is 10.2. The summed E-state index contributed by atoms with van der Waals surface area (Å²) in [5.74, 6) is 1.21. The Labute approximate surface area is 164 Å². The van der Waals surface area contributed by atoms with Crippen molar-refractivity contribution in [2.24, 2.45) is 40.4 Å². The van der Waals surface area contributed by atoms with Gasteiger partial charge in [0.05, 0.1) is 0 Å². The number of thioether (sulfide) groups is 1. The predicted molar refractivity (Wildman–Crippen MR) is 105 cm³/mol. The molecule has 5 heteroatoms. The monoisotopic (exact) mass is 392 g/mol. The van der Waals surface area contributed by atoms with E-state index in [4.69, 9.17) is 0 Å². The highest BCUT2D eigenvalue weighted by Gasteiger charge is 2.63. The molecule has 1 unspecified atom stereocenters. The number of fused-ring (bicyclic) bond motifs is 5. The van der Waals surface area contributed by atoms with Gasteiger partial charge in [0.1, 0.15) is 6.01 Å². The zero-order valence-electron chi connectivity index (χ0n) is 16.1. The number of carbonyl (C=O) groups is 2. The van der Waals surface area contributed by atoms with Crippen molar-refractivity contribution in [3.05, 3.63) is 23.8 Å². The summed E-state index contributed by atoms with van der Waals surface area (Å²) >= 11 is 0.775. The van der Waals surface area contributed by atoms with Crippen molar-refractivity contribution in [2.45, 2.75) is 46.0 Å². The first-order valence-electron chi connectivity index (χ1n) is 10.1. The fourth-order valence-corrected chi connectivity index (χ4v) is 8.00. The molecule has 0 bridgehead atoms. The molecule has 0 radical (unpaired) electrons. The molecule has 3 saturated carbocycles. The average molecular weight is 393 g/mol. The summed E-state index contributed by atoms with van der Waals surface area (Å²) in [4.78, 5) is 24.6. The van der Waals surface area contributed by atoms with Gasteiger partial charge >= 0.3 is 0 Å². The van der Waals surface area contributed by atoms with E-state index in [1.807, 2.05) is 6.08 Å². The van der Waals surface area contributed by atoms with E-state index >= 15 is 0 Å². The number of rotatable bonds is 3. The van der Waals surface area contributed by atoms with Gasteiger partial charge in [0, 0.05) is 23.4 Å². The van der Waals surface area contributed by atoms with Crippen LogP contribution < -0.4 is 0 Å². The first-order chi connectivity index (χ1) is 12.9. The number of hydrogen-bond acceptors (Lipinski definition) is 4. The van der Waals surface area contributed by atoms with Crippen LogP contribution in [0.15, 0.2) is 23.8 Å². The van der Waals surface area contributed by atoms with Crippen LogP contribution in [0.1, 0.15) is 46.0 Å². The summed E-state index contributed by atoms with van der Waals surface area (Å²) in [5.41, 5.74) is 0.766. The van der Waals surface area contributed by atoms with Crippen LogP contribution in [0.4, 0.5) is 4.39 Å². The van der Waals surface area contributed by atoms with Crippen molar-refractivity contribution in [3.8, 4) is 0 Å². The Balaban J connectivity index is 1.69. The van der Waals surface area contributed by atoms with Crippen molar-refractivity contribution < 1.29 is 19.1 Å². The zero-order chi connectivity index (χ0) is 19.4. The normalized spacial score (nSPS) is 45.7. The molecular formula is C22H29FO3S. The lowest BCUT2D eigenvalue weighted by Gasteiger charge is -2.57. The average Bonchev–Trinajstić information content (AvgIpc) is 2.95. The van der Waals surface area contributed by atoms with Gasteiger partial charge in [0.2, 0.25) is 0 Å². The molecule has 0 aliphatic heterocycles. The third-order valence-corrected chi connectivity index (χ3v) is 9.02. The van der Waals surface area contributed by atoms with Gasteiger partial charge in [-0.1, -0.05) is 37.3 Å². The van der Waals surface area contributed by atoms with E-state index in [2.05, 4.69) is 19.9 Å². The second kappa shape index (κ2) is 6.84. The van der Waals surface area contributed by atoms with E-state index in [9.17, 15) is 19.1 Å². The zero-order valence-corrected chi connectivity index (χ0v) is 16.9.